The summed E-state index contributed by atoms with van der Waals surface area (Å²) in [4.78, 5) is 9.05. The molecule has 0 amide bonds. The number of benzene rings is 16. The van der Waals surface area contributed by atoms with Crippen LogP contribution in [0.4, 0.5) is 68.2 Å². The molecule has 20 rings (SSSR count). The van der Waals surface area contributed by atoms with Crippen LogP contribution >= 0.6 is 0 Å². The Morgan fingerprint density at radius 1 is 0.305 bits per heavy atom. The number of hydrogen-bond donors (Lipinski definition) is 0. The van der Waals surface area contributed by atoms with Gasteiger partial charge >= 0.3 is 0 Å². The second-order valence-corrected chi connectivity index (χ2v) is 26.6. The van der Waals surface area contributed by atoms with Crippen LogP contribution in [0.5, 0.6) is 0 Å². The summed E-state index contributed by atoms with van der Waals surface area (Å²) in [5.74, 6) is 0. The summed E-state index contributed by atoms with van der Waals surface area (Å²) in [5, 5.41) is 14.2. The molecule has 4 heterocycles. The van der Waals surface area contributed by atoms with Crippen LogP contribution in [0.15, 0.2) is 385 Å². The van der Waals surface area contributed by atoms with Crippen LogP contribution in [0.2, 0.25) is 0 Å². The normalized spacial score (nSPS) is 12.8. The fourth-order valence-electron chi connectivity index (χ4n) is 16.2. The summed E-state index contributed by atoms with van der Waals surface area (Å²) in [5.41, 5.74) is 25.4. The predicted octanol–water partition coefficient (Wildman–Crippen LogP) is 24.7. The molecule has 105 heavy (non-hydrogen) atoms. The summed E-state index contributed by atoms with van der Waals surface area (Å²) >= 11 is 0. The van der Waals surface area contributed by atoms with Crippen molar-refractivity contribution in [2.75, 3.05) is 19.6 Å². The Labute approximate surface area is 615 Å². The first-order valence-electron chi connectivity index (χ1n) is 37.7. The lowest BCUT2D eigenvalue weighted by atomic mass is 9.33. The summed E-state index contributed by atoms with van der Waals surface area (Å²) in [6.45, 7) is -0.515. The molecule has 0 atom stereocenters. The molecule has 0 N–H and O–H groups in total. The van der Waals surface area contributed by atoms with Gasteiger partial charge in [0.2, 0.25) is 0 Å². The van der Waals surface area contributed by atoms with Crippen LogP contribution in [0.3, 0.4) is 0 Å². The van der Waals surface area contributed by atoms with Crippen LogP contribution in [0.1, 0.15) is 12.4 Å². The zero-order chi connectivity index (χ0) is 73.8. The van der Waals surface area contributed by atoms with Gasteiger partial charge in [-0.05, 0) is 177 Å². The van der Waals surface area contributed by atoms with Gasteiger partial charge in [0, 0.05) is 101 Å². The van der Waals surface area contributed by atoms with E-state index in [1.807, 2.05) is 114 Å². The second kappa shape index (κ2) is 25.2. The second-order valence-electron chi connectivity index (χ2n) is 26.6. The maximum atomic E-state index is 10.2. The molecule has 490 valence electrons. The first-order chi connectivity index (χ1) is 54.1. The minimum Gasteiger partial charge on any atom is -0.456 e. The predicted molar refractivity (Wildman–Crippen MR) is 436 cm³/mol. The topological polar surface area (TPSA) is 63.0 Å². The summed E-state index contributed by atoms with van der Waals surface area (Å²) in [7, 11) is 0. The molecule has 2 aliphatic heterocycles. The zero-order valence-electron chi connectivity index (χ0n) is 61.5. The van der Waals surface area contributed by atoms with E-state index < -0.39 is 24.8 Å². The van der Waals surface area contributed by atoms with Crippen molar-refractivity contribution in [1.29, 1.82) is 5.26 Å². The number of nitrogens with zero attached hydrogens (tertiary/aromatic N) is 5. The van der Waals surface area contributed by atoms with Crippen molar-refractivity contribution in [3.8, 4) is 61.7 Å². The number of anilines is 12. The SMILES string of the molecule is [2H]c1c([2H])c([2H])c(N(c2ccccc2)c2ccc3c(c2)N(c2c(-c4ccccc4)cccc2-c2ccccc2)c2cc(-c4ccc5c(c4)oc4ccc6oc7ccccc7c6c45)cc4c2B3c2ccc(N(c3ccccc3)c3ccc(C#N)cc3)cc2N4c2c(-c3ccccc3)cccc2-c2ccccc2)c([2H])c1[2H]. The van der Waals surface area contributed by atoms with E-state index in [-0.39, 0.29) is 17.8 Å². The van der Waals surface area contributed by atoms with Crippen LogP contribution in [0.25, 0.3) is 99.5 Å². The van der Waals surface area contributed by atoms with E-state index in [4.69, 9.17) is 10.2 Å². The lowest BCUT2D eigenvalue weighted by Crippen LogP contribution is -2.61. The van der Waals surface area contributed by atoms with Crippen LogP contribution in [-0.2, 0) is 0 Å². The van der Waals surface area contributed by atoms with Gasteiger partial charge in [0.25, 0.3) is 6.71 Å². The molecule has 0 fully saturated rings. The van der Waals surface area contributed by atoms with Gasteiger partial charge in [-0.1, -0.05) is 249 Å². The lowest BCUT2D eigenvalue weighted by Gasteiger charge is -2.46. The molecule has 0 aliphatic carbocycles. The monoisotopic (exact) mass is 1340 g/mol. The highest BCUT2D eigenvalue weighted by molar-refractivity contribution is 7.00. The van der Waals surface area contributed by atoms with Gasteiger partial charge in [0.05, 0.1) is 29.9 Å². The van der Waals surface area contributed by atoms with Gasteiger partial charge < -0.3 is 28.4 Å². The highest BCUT2D eigenvalue weighted by atomic mass is 16.3. The number of furan rings is 2. The van der Waals surface area contributed by atoms with Gasteiger partial charge in [0.1, 0.15) is 22.3 Å². The van der Waals surface area contributed by atoms with Gasteiger partial charge in [-0.3, -0.25) is 0 Å². The highest BCUT2D eigenvalue weighted by Crippen LogP contribution is 2.56. The molecule has 0 spiro atoms. The Bertz CT molecular complexity index is 6620. The minimum absolute atomic E-state index is 0.00882. The maximum absolute atomic E-state index is 10.2. The third-order valence-electron chi connectivity index (χ3n) is 20.7. The Balaban J connectivity index is 0.959. The van der Waals surface area contributed by atoms with Gasteiger partial charge in [0.15, 0.2) is 0 Å². The average molecular weight is 1350 g/mol. The fraction of sp³-hybridized carbons (Fsp3) is 0. The number of fused-ring (bicyclic) bond motifs is 11. The van der Waals surface area contributed by atoms with Gasteiger partial charge in [-0.15, -0.1) is 0 Å². The van der Waals surface area contributed by atoms with Crippen molar-refractivity contribution in [3.63, 3.8) is 0 Å². The molecule has 0 radical (unpaired) electrons. The number of rotatable bonds is 13. The maximum Gasteiger partial charge on any atom is 0.252 e. The van der Waals surface area contributed by atoms with Crippen molar-refractivity contribution >= 4 is 135 Å². The Morgan fingerprint density at radius 2 is 0.714 bits per heavy atom. The molecular formula is C97H62BN5O2. The summed E-state index contributed by atoms with van der Waals surface area (Å²) in [6.07, 6.45) is 0. The van der Waals surface area contributed by atoms with Crippen molar-refractivity contribution in [3.05, 3.63) is 382 Å². The van der Waals surface area contributed by atoms with Gasteiger partial charge in [-0.2, -0.15) is 5.26 Å². The average Bonchev–Trinajstić information content (AvgIpc) is 0.950. The van der Waals surface area contributed by atoms with Crippen molar-refractivity contribution in [1.82, 2.24) is 0 Å². The zero-order valence-corrected chi connectivity index (χ0v) is 56.5. The molecule has 8 heteroatoms. The lowest BCUT2D eigenvalue weighted by molar-refractivity contribution is 0.663. The minimum atomic E-state index is -0.515. The third-order valence-corrected chi connectivity index (χ3v) is 20.7. The van der Waals surface area contributed by atoms with E-state index >= 15 is 0 Å². The highest BCUT2D eigenvalue weighted by Gasteiger charge is 2.46. The summed E-state index contributed by atoms with van der Waals surface area (Å²) < 4.78 is 60.3. The number of nitriles is 1. The van der Waals surface area contributed by atoms with E-state index in [2.05, 4.69) is 257 Å². The molecule has 16 aromatic carbocycles. The van der Waals surface area contributed by atoms with E-state index in [1.165, 1.54) is 0 Å². The number of para-hydroxylation sites is 6. The van der Waals surface area contributed by atoms with E-state index in [0.717, 1.165) is 162 Å². The van der Waals surface area contributed by atoms with Crippen LogP contribution in [0, 0.1) is 11.3 Å². The Morgan fingerprint density at radius 3 is 1.19 bits per heavy atom. The molecule has 2 aliphatic rings. The van der Waals surface area contributed by atoms with Crippen molar-refractivity contribution < 1.29 is 15.7 Å². The van der Waals surface area contributed by atoms with Crippen molar-refractivity contribution in [2.24, 2.45) is 0 Å². The molecule has 7 nitrogen and oxygen atoms in total. The van der Waals surface area contributed by atoms with Crippen LogP contribution in [-0.4, -0.2) is 6.71 Å². The van der Waals surface area contributed by atoms with E-state index in [0.29, 0.717) is 22.5 Å². The standard InChI is InChI=1S/C97H62BN5O2/c99-63-64-46-49-74(50-47-64)101(73-38-20-7-21-39-73)76-52-55-84-86(62-76)103(97-79(67-30-12-3-13-31-67)43-25-44-80(97)68-32-14-4-15-33-68)88-59-70(69-48-53-82-92(60-69)105-91-57-56-90-93(94(82)91)81-40-22-23-45-89(81)104-90)58-87-95(88)98(84)83-54-51-75(100(71-34-16-5-17-35-71)72-36-18-6-19-37-72)61-85(83)102(87)96-77(65-26-8-1-9-27-65)41-24-42-78(96)66-28-10-2-11-29-66/h1-62H/i5D,16D,17D,34D,35D. The fourth-order valence-corrected chi connectivity index (χ4v) is 16.2. The largest absolute Gasteiger partial charge is 0.456 e. The first kappa shape index (κ1) is 55.6. The molecule has 2 aromatic heterocycles. The first-order valence-corrected chi connectivity index (χ1v) is 35.2. The van der Waals surface area contributed by atoms with Crippen LogP contribution < -0.4 is 36.0 Å². The van der Waals surface area contributed by atoms with E-state index in [9.17, 15) is 10.7 Å². The molecule has 0 saturated carbocycles. The molecule has 18 aromatic rings. The van der Waals surface area contributed by atoms with Gasteiger partial charge in [-0.25, -0.2) is 0 Å². The molecular weight excluding hydrogens is 1280 g/mol. The quantitative estimate of drug-likeness (QED) is 0.107. The molecule has 0 unspecified atom stereocenters. The Hall–Kier alpha value is -14.1. The van der Waals surface area contributed by atoms with E-state index in [1.54, 1.807) is 0 Å². The number of hydrogen-bond acceptors (Lipinski definition) is 7. The molecule has 0 saturated heterocycles. The summed E-state index contributed by atoms with van der Waals surface area (Å²) in [6, 6.07) is 120. The Kier molecular flexibility index (Phi) is 13.3. The third kappa shape index (κ3) is 10.2. The molecule has 0 bridgehead atoms. The van der Waals surface area contributed by atoms with Crippen molar-refractivity contribution in [2.45, 2.75) is 0 Å². The smallest absolute Gasteiger partial charge is 0.252 e.